The fraction of sp³-hybridized carbons (Fsp3) is 0.652. The second kappa shape index (κ2) is 5.70. The van der Waals surface area contributed by atoms with Crippen LogP contribution in [0.25, 0.3) is 0 Å². The second-order valence-corrected chi connectivity index (χ2v) is 9.23. The maximum Gasteiger partial charge on any atom is 0.172 e. The molecular weight excluding hydrogens is 306 g/mol. The van der Waals surface area contributed by atoms with Gasteiger partial charge in [-0.25, -0.2) is 0 Å². The molecule has 0 spiro atoms. The molecule has 8 atom stereocenters. The van der Waals surface area contributed by atoms with Crippen LogP contribution in [0.3, 0.4) is 0 Å². The number of allylic oxidation sites excluding steroid dienone is 3. The molecule has 0 bridgehead atoms. The number of carbonyl (C=O) groups is 1. The number of rotatable bonds is 1. The van der Waals surface area contributed by atoms with Crippen molar-refractivity contribution >= 4 is 5.78 Å². The first-order chi connectivity index (χ1) is 11.9. The summed E-state index contributed by atoms with van der Waals surface area (Å²) in [5, 5.41) is 9.38. The van der Waals surface area contributed by atoms with E-state index in [9.17, 15) is 10.1 Å². The third-order valence-corrected chi connectivity index (χ3v) is 8.48. The number of fused-ring (bicyclic) bond motifs is 5. The van der Waals surface area contributed by atoms with E-state index in [0.717, 1.165) is 19.3 Å². The Labute approximate surface area is 151 Å². The molecule has 25 heavy (non-hydrogen) atoms. The Hall–Kier alpha value is -1.62. The third-order valence-electron chi connectivity index (χ3n) is 8.48. The summed E-state index contributed by atoms with van der Waals surface area (Å²) in [6.07, 6.45) is 9.28. The fourth-order valence-corrected chi connectivity index (χ4v) is 6.85. The Morgan fingerprint density at radius 3 is 2.84 bits per heavy atom. The molecule has 3 fully saturated rings. The summed E-state index contributed by atoms with van der Waals surface area (Å²) in [4.78, 5) is 12.2. The lowest BCUT2D eigenvalue weighted by molar-refractivity contribution is -0.118. The van der Waals surface area contributed by atoms with Gasteiger partial charge in [0.25, 0.3) is 0 Å². The van der Waals surface area contributed by atoms with E-state index in [4.69, 9.17) is 0 Å². The van der Waals surface area contributed by atoms with Crippen LogP contribution in [0.15, 0.2) is 36.5 Å². The molecule has 0 saturated heterocycles. The second-order valence-electron chi connectivity index (χ2n) is 9.23. The van der Waals surface area contributed by atoms with Crippen molar-refractivity contribution in [3.8, 4) is 6.07 Å². The van der Waals surface area contributed by atoms with Crippen LogP contribution < -0.4 is 0 Å². The zero-order chi connectivity index (χ0) is 17.9. The molecule has 4 aliphatic carbocycles. The first kappa shape index (κ1) is 16.8. The summed E-state index contributed by atoms with van der Waals surface area (Å²) in [7, 11) is 0. The molecule has 0 aromatic heterocycles. The number of ketones is 1. The molecule has 2 heteroatoms. The Balaban J connectivity index is 1.74. The summed E-state index contributed by atoms with van der Waals surface area (Å²) in [6, 6.07) is 2.25. The molecule has 0 heterocycles. The first-order valence-electron chi connectivity index (χ1n) is 9.84. The fourth-order valence-electron chi connectivity index (χ4n) is 6.85. The minimum absolute atomic E-state index is 0.0264. The standard InChI is InChI=1S/C23H29NO/c1-5-15-9-16-11-21(25)17(12-24)10-19(16)18-6-7-23(4)14(3)13(2)8-20(23)22(15)18/h5,11,14-15,17-20,22H,1-2,6-10H2,3-4H3/t14-,15-,17?,18-,19+,20+,22-,23-/m1/s1. The number of carbonyl (C=O) groups excluding carboxylic acids is 1. The number of hydrogen-bond acceptors (Lipinski definition) is 2. The van der Waals surface area contributed by atoms with Crippen molar-refractivity contribution in [3.05, 3.63) is 36.5 Å². The quantitative estimate of drug-likeness (QED) is 0.626. The van der Waals surface area contributed by atoms with Crippen LogP contribution in [0.4, 0.5) is 0 Å². The van der Waals surface area contributed by atoms with Gasteiger partial charge in [0.05, 0.1) is 6.07 Å². The normalized spacial score (nSPS) is 48.7. The average Bonchev–Trinajstić information content (AvgIpc) is 2.83. The smallest absolute Gasteiger partial charge is 0.172 e. The maximum absolute atomic E-state index is 12.2. The average molecular weight is 335 g/mol. The molecule has 4 rings (SSSR count). The van der Waals surface area contributed by atoms with E-state index >= 15 is 0 Å². The van der Waals surface area contributed by atoms with Gasteiger partial charge >= 0.3 is 0 Å². The lowest BCUT2D eigenvalue weighted by Gasteiger charge is -2.56. The highest BCUT2D eigenvalue weighted by Crippen LogP contribution is 2.65. The molecule has 2 nitrogen and oxygen atoms in total. The van der Waals surface area contributed by atoms with E-state index in [1.165, 1.54) is 24.0 Å². The van der Waals surface area contributed by atoms with Crippen LogP contribution in [-0.4, -0.2) is 5.78 Å². The summed E-state index contributed by atoms with van der Waals surface area (Å²) in [6.45, 7) is 13.4. The van der Waals surface area contributed by atoms with Gasteiger partial charge in [-0.15, -0.1) is 6.58 Å². The number of nitrogens with zero attached hydrogens (tertiary/aromatic N) is 1. The molecule has 0 N–H and O–H groups in total. The zero-order valence-corrected chi connectivity index (χ0v) is 15.5. The van der Waals surface area contributed by atoms with Gasteiger partial charge in [0.2, 0.25) is 0 Å². The highest BCUT2D eigenvalue weighted by atomic mass is 16.1. The topological polar surface area (TPSA) is 40.9 Å². The van der Waals surface area contributed by atoms with Crippen molar-refractivity contribution in [2.75, 3.05) is 0 Å². The van der Waals surface area contributed by atoms with Gasteiger partial charge in [0.15, 0.2) is 5.78 Å². The van der Waals surface area contributed by atoms with E-state index < -0.39 is 5.92 Å². The predicted molar refractivity (Wildman–Crippen MR) is 99.3 cm³/mol. The van der Waals surface area contributed by atoms with Crippen LogP contribution in [0.5, 0.6) is 0 Å². The largest absolute Gasteiger partial charge is 0.293 e. The van der Waals surface area contributed by atoms with Gasteiger partial charge in [0.1, 0.15) is 5.92 Å². The lowest BCUT2D eigenvalue weighted by atomic mass is 9.48. The molecule has 1 unspecified atom stereocenters. The first-order valence-corrected chi connectivity index (χ1v) is 9.84. The monoisotopic (exact) mass is 335 g/mol. The Morgan fingerprint density at radius 2 is 2.16 bits per heavy atom. The van der Waals surface area contributed by atoms with Gasteiger partial charge in [-0.1, -0.05) is 37.6 Å². The molecule has 4 aliphatic rings. The van der Waals surface area contributed by atoms with Crippen molar-refractivity contribution in [2.45, 2.75) is 46.0 Å². The highest BCUT2D eigenvalue weighted by Gasteiger charge is 2.58. The van der Waals surface area contributed by atoms with E-state index in [2.05, 4.69) is 39.2 Å². The highest BCUT2D eigenvalue weighted by molar-refractivity contribution is 5.95. The summed E-state index contributed by atoms with van der Waals surface area (Å²) in [5.74, 6) is 2.99. The molecule has 0 aromatic rings. The number of nitriles is 1. The van der Waals surface area contributed by atoms with Gasteiger partial charge in [0, 0.05) is 0 Å². The minimum Gasteiger partial charge on any atom is -0.293 e. The van der Waals surface area contributed by atoms with Crippen molar-refractivity contribution in [3.63, 3.8) is 0 Å². The summed E-state index contributed by atoms with van der Waals surface area (Å²) < 4.78 is 0. The van der Waals surface area contributed by atoms with Crippen LogP contribution in [0.2, 0.25) is 0 Å². The van der Waals surface area contributed by atoms with Crippen LogP contribution in [-0.2, 0) is 4.79 Å². The van der Waals surface area contributed by atoms with E-state index in [1.807, 2.05) is 6.08 Å². The van der Waals surface area contributed by atoms with Crippen molar-refractivity contribution in [2.24, 2.45) is 46.8 Å². The predicted octanol–water partition coefficient (Wildman–Crippen LogP) is 5.09. The van der Waals surface area contributed by atoms with Crippen LogP contribution in [0.1, 0.15) is 46.0 Å². The minimum atomic E-state index is -0.430. The van der Waals surface area contributed by atoms with Crippen LogP contribution >= 0.6 is 0 Å². The maximum atomic E-state index is 12.2. The Kier molecular flexibility index (Phi) is 3.83. The SMILES string of the molecule is C=C[C@@H]1CC2=CC(=O)C(C#N)C[C@@H]2[C@H]2CC[C@]3(C)[C@H](C)C(=C)C[C@H]3[C@@H]21. The molecule has 0 aliphatic heterocycles. The zero-order valence-electron chi connectivity index (χ0n) is 15.5. The third kappa shape index (κ3) is 2.24. The molecular formula is C23H29NO. The van der Waals surface area contributed by atoms with Gasteiger partial charge in [-0.05, 0) is 79.1 Å². The van der Waals surface area contributed by atoms with E-state index in [1.54, 1.807) is 0 Å². The van der Waals surface area contributed by atoms with Crippen molar-refractivity contribution < 1.29 is 4.79 Å². The molecule has 3 saturated carbocycles. The van der Waals surface area contributed by atoms with Crippen LogP contribution in [0, 0.1) is 58.2 Å². The Morgan fingerprint density at radius 1 is 1.40 bits per heavy atom. The molecule has 0 amide bonds. The van der Waals surface area contributed by atoms with E-state index in [-0.39, 0.29) is 5.78 Å². The summed E-state index contributed by atoms with van der Waals surface area (Å²) >= 11 is 0. The molecule has 0 aromatic carbocycles. The van der Waals surface area contributed by atoms with Crippen molar-refractivity contribution in [1.82, 2.24) is 0 Å². The van der Waals surface area contributed by atoms with Gasteiger partial charge in [-0.2, -0.15) is 5.26 Å². The molecule has 132 valence electrons. The number of hydrogen-bond donors (Lipinski definition) is 0. The van der Waals surface area contributed by atoms with Gasteiger partial charge in [-0.3, -0.25) is 4.79 Å². The lowest BCUT2D eigenvalue weighted by Crippen LogP contribution is -2.49. The van der Waals surface area contributed by atoms with E-state index in [0.29, 0.717) is 40.9 Å². The van der Waals surface area contributed by atoms with Gasteiger partial charge < -0.3 is 0 Å². The van der Waals surface area contributed by atoms with Crippen molar-refractivity contribution in [1.29, 1.82) is 5.26 Å². The summed E-state index contributed by atoms with van der Waals surface area (Å²) in [5.41, 5.74) is 3.09. The molecule has 0 radical (unpaired) electrons. The Bertz CT molecular complexity index is 710.